The minimum Gasteiger partial charge on any atom is -0.339 e. The van der Waals surface area contributed by atoms with Crippen molar-refractivity contribution in [3.05, 3.63) is 81.9 Å². The number of unbranched alkanes of at least 4 members (excludes halogenated alkanes) is 1. The molecule has 0 atom stereocenters. The van der Waals surface area contributed by atoms with Crippen molar-refractivity contribution in [3.8, 4) is 16.9 Å². The highest BCUT2D eigenvalue weighted by Gasteiger charge is 2.17. The van der Waals surface area contributed by atoms with E-state index < -0.39 is 6.29 Å². The van der Waals surface area contributed by atoms with Gasteiger partial charge in [0.05, 0.1) is 5.69 Å². The van der Waals surface area contributed by atoms with Crippen molar-refractivity contribution in [1.29, 1.82) is 0 Å². The lowest BCUT2D eigenvalue weighted by Gasteiger charge is -2.21. The molecular formula is C31H44N8O. The van der Waals surface area contributed by atoms with Gasteiger partial charge in [0, 0.05) is 23.8 Å². The number of hydrogen-bond donors (Lipinski definition) is 6. The van der Waals surface area contributed by atoms with Crippen LogP contribution in [-0.4, -0.2) is 40.5 Å². The van der Waals surface area contributed by atoms with Gasteiger partial charge in [0.15, 0.2) is 0 Å². The zero-order valence-corrected chi connectivity index (χ0v) is 24.0. The largest absolute Gasteiger partial charge is 0.354 e. The van der Waals surface area contributed by atoms with Crippen LogP contribution in [0.25, 0.3) is 28.0 Å². The molecule has 214 valence electrons. The molecule has 9 nitrogen and oxygen atoms in total. The van der Waals surface area contributed by atoms with E-state index in [1.165, 1.54) is 11.1 Å². The smallest absolute Gasteiger partial charge is 0.339 e. The number of nitrogens with one attached hydrogen (secondary N) is 3. The molecule has 0 saturated heterocycles. The lowest BCUT2D eigenvalue weighted by molar-refractivity contribution is 0.519. The van der Waals surface area contributed by atoms with E-state index in [-0.39, 0.29) is 11.1 Å². The number of aromatic nitrogens is 3. The standard InChI is InChI=1S/C31H44N8O/c1-31(2,3)25-16-22(7-4-5-12-32)15-23(17-25)27-18-24-20-39(30(40)38-28(24)37-27)26-10-8-21(9-11-26)19-35-13-6-14-36-29(33)34/h8-11,15-18,20,29,35-36H,4-7,12-14,19,32-34H2,1-3H3,(H,37,38,40). The lowest BCUT2D eigenvalue weighted by Crippen LogP contribution is -2.45. The third kappa shape index (κ3) is 7.87. The Kier molecular flexibility index (Phi) is 9.89. The van der Waals surface area contributed by atoms with Gasteiger partial charge >= 0.3 is 5.69 Å². The molecule has 0 radical (unpaired) electrons. The summed E-state index contributed by atoms with van der Waals surface area (Å²) >= 11 is 0. The van der Waals surface area contributed by atoms with Crippen LogP contribution in [0.1, 0.15) is 56.7 Å². The predicted octanol–water partition coefficient (Wildman–Crippen LogP) is 3.23. The van der Waals surface area contributed by atoms with Crippen LogP contribution in [0.2, 0.25) is 0 Å². The second kappa shape index (κ2) is 13.3. The monoisotopic (exact) mass is 544 g/mol. The molecule has 40 heavy (non-hydrogen) atoms. The third-order valence-electron chi connectivity index (χ3n) is 7.05. The number of aryl methyl sites for hydroxylation is 1. The van der Waals surface area contributed by atoms with Gasteiger partial charge in [0.1, 0.15) is 11.9 Å². The fraction of sp³-hybridized carbons (Fsp3) is 0.419. The van der Waals surface area contributed by atoms with E-state index >= 15 is 0 Å². The second-order valence-electron chi connectivity index (χ2n) is 11.5. The van der Waals surface area contributed by atoms with Gasteiger partial charge in [-0.25, -0.2) is 4.79 Å². The second-order valence-corrected chi connectivity index (χ2v) is 11.5. The summed E-state index contributed by atoms with van der Waals surface area (Å²) in [5.74, 6) is 0. The summed E-state index contributed by atoms with van der Waals surface area (Å²) < 4.78 is 1.60. The summed E-state index contributed by atoms with van der Waals surface area (Å²) in [6.07, 6.45) is 5.38. The molecular weight excluding hydrogens is 500 g/mol. The Morgan fingerprint density at radius 1 is 0.975 bits per heavy atom. The highest BCUT2D eigenvalue weighted by molar-refractivity contribution is 5.82. The van der Waals surface area contributed by atoms with E-state index in [0.29, 0.717) is 12.2 Å². The molecule has 9 heteroatoms. The fourth-order valence-corrected chi connectivity index (χ4v) is 4.72. The molecule has 0 saturated carbocycles. The van der Waals surface area contributed by atoms with Gasteiger partial charge in [-0.05, 0) is 103 Å². The molecule has 0 fully saturated rings. The van der Waals surface area contributed by atoms with E-state index in [2.05, 4.69) is 65.6 Å². The Bertz CT molecular complexity index is 1450. The van der Waals surface area contributed by atoms with Crippen molar-refractivity contribution < 1.29 is 0 Å². The van der Waals surface area contributed by atoms with E-state index in [0.717, 1.165) is 73.2 Å². The maximum Gasteiger partial charge on any atom is 0.354 e. The summed E-state index contributed by atoms with van der Waals surface area (Å²) in [4.78, 5) is 20.7. The van der Waals surface area contributed by atoms with Crippen molar-refractivity contribution in [2.45, 2.75) is 64.7 Å². The number of nitrogens with zero attached hydrogens (tertiary/aromatic N) is 2. The van der Waals surface area contributed by atoms with Crippen LogP contribution < -0.4 is 33.5 Å². The van der Waals surface area contributed by atoms with Gasteiger partial charge in [0.25, 0.3) is 0 Å². The zero-order valence-electron chi connectivity index (χ0n) is 24.0. The number of fused-ring (bicyclic) bond motifs is 1. The first-order valence-corrected chi connectivity index (χ1v) is 14.2. The van der Waals surface area contributed by atoms with Crippen molar-refractivity contribution in [3.63, 3.8) is 0 Å². The van der Waals surface area contributed by atoms with Crippen molar-refractivity contribution >= 4 is 11.0 Å². The lowest BCUT2D eigenvalue weighted by atomic mass is 9.84. The summed E-state index contributed by atoms with van der Waals surface area (Å²) in [5, 5.41) is 7.28. The molecule has 0 bridgehead atoms. The van der Waals surface area contributed by atoms with Crippen LogP contribution in [0.15, 0.2) is 59.5 Å². The number of rotatable bonds is 13. The van der Waals surface area contributed by atoms with Gasteiger partial charge in [0.2, 0.25) is 0 Å². The summed E-state index contributed by atoms with van der Waals surface area (Å²) in [6, 6.07) is 16.8. The van der Waals surface area contributed by atoms with Crippen LogP contribution in [0.5, 0.6) is 0 Å². The third-order valence-corrected chi connectivity index (χ3v) is 7.05. The fourth-order valence-electron chi connectivity index (χ4n) is 4.72. The maximum absolute atomic E-state index is 13.0. The molecule has 0 spiro atoms. The minimum absolute atomic E-state index is 0.0195. The van der Waals surface area contributed by atoms with Crippen LogP contribution in [0.3, 0.4) is 0 Å². The number of aromatic amines is 1. The Morgan fingerprint density at radius 2 is 1.75 bits per heavy atom. The number of H-pyrrole nitrogens is 1. The first kappa shape index (κ1) is 29.6. The van der Waals surface area contributed by atoms with Crippen LogP contribution in [0.4, 0.5) is 0 Å². The summed E-state index contributed by atoms with van der Waals surface area (Å²) in [7, 11) is 0. The van der Waals surface area contributed by atoms with E-state index in [9.17, 15) is 4.79 Å². The predicted molar refractivity (Wildman–Crippen MR) is 164 cm³/mol. The highest BCUT2D eigenvalue weighted by atomic mass is 16.1. The SMILES string of the molecule is CC(C)(C)c1cc(CCCCN)cc(-c2cc3cn(-c4ccc(CNCCCNC(N)N)cc4)c(=O)nc3[nH]2)c1. The van der Waals surface area contributed by atoms with Gasteiger partial charge in [-0.15, -0.1) is 0 Å². The molecule has 2 aromatic heterocycles. The Labute approximate surface area is 236 Å². The molecule has 4 aromatic rings. The van der Waals surface area contributed by atoms with E-state index in [1.54, 1.807) is 4.57 Å². The highest BCUT2D eigenvalue weighted by Crippen LogP contribution is 2.31. The minimum atomic E-state index is -0.480. The van der Waals surface area contributed by atoms with Crippen LogP contribution in [0, 0.1) is 0 Å². The molecule has 2 heterocycles. The average Bonchev–Trinajstić information content (AvgIpc) is 3.33. The quantitative estimate of drug-likeness (QED) is 0.112. The molecule has 0 aliphatic rings. The van der Waals surface area contributed by atoms with E-state index in [1.807, 2.05) is 30.5 Å². The normalized spacial score (nSPS) is 12.1. The number of benzene rings is 2. The first-order chi connectivity index (χ1) is 19.1. The van der Waals surface area contributed by atoms with Gasteiger partial charge in [-0.1, -0.05) is 39.0 Å². The van der Waals surface area contributed by atoms with Crippen molar-refractivity contribution in [2.24, 2.45) is 17.2 Å². The van der Waals surface area contributed by atoms with E-state index in [4.69, 9.17) is 17.2 Å². The average molecular weight is 545 g/mol. The summed E-state index contributed by atoms with van der Waals surface area (Å²) in [6.45, 7) is 9.76. The number of hydrogen-bond acceptors (Lipinski definition) is 7. The molecule has 0 aliphatic heterocycles. The molecule has 0 amide bonds. The van der Waals surface area contributed by atoms with Crippen molar-refractivity contribution in [2.75, 3.05) is 19.6 Å². The summed E-state index contributed by atoms with van der Waals surface area (Å²) in [5.41, 5.74) is 23.5. The first-order valence-electron chi connectivity index (χ1n) is 14.2. The van der Waals surface area contributed by atoms with Crippen molar-refractivity contribution in [1.82, 2.24) is 25.2 Å². The maximum atomic E-state index is 13.0. The molecule has 4 rings (SSSR count). The molecule has 2 aromatic carbocycles. The van der Waals surface area contributed by atoms with Crippen LogP contribution >= 0.6 is 0 Å². The number of nitrogens with two attached hydrogens (primary N) is 3. The van der Waals surface area contributed by atoms with Crippen LogP contribution in [-0.2, 0) is 18.4 Å². The molecule has 0 unspecified atom stereocenters. The molecule has 0 aliphatic carbocycles. The Hall–Kier alpha value is -3.34. The zero-order chi connectivity index (χ0) is 28.7. The Morgan fingerprint density at radius 3 is 2.45 bits per heavy atom. The van der Waals surface area contributed by atoms with Gasteiger partial charge < -0.3 is 27.5 Å². The molecule has 9 N–H and O–H groups in total. The van der Waals surface area contributed by atoms with Gasteiger partial charge in [-0.3, -0.25) is 9.88 Å². The topological polar surface area (TPSA) is 153 Å². The van der Waals surface area contributed by atoms with Gasteiger partial charge in [-0.2, -0.15) is 4.98 Å². The Balaban J connectivity index is 1.53.